The first kappa shape index (κ1) is 21.6. The van der Waals surface area contributed by atoms with Gasteiger partial charge in [-0.2, -0.15) is 0 Å². The number of rotatable bonds is 3. The Hall–Kier alpha value is -3.09. The first-order valence-corrected chi connectivity index (χ1v) is 10.3. The van der Waals surface area contributed by atoms with E-state index >= 15 is 0 Å². The second-order valence-electron chi connectivity index (χ2n) is 8.81. The van der Waals surface area contributed by atoms with Gasteiger partial charge in [-0.1, -0.05) is 6.07 Å². The summed E-state index contributed by atoms with van der Waals surface area (Å²) in [6.45, 7) is 12.7. The first-order chi connectivity index (χ1) is 14.1. The van der Waals surface area contributed by atoms with Crippen molar-refractivity contribution in [3.05, 3.63) is 53.2 Å². The summed E-state index contributed by atoms with van der Waals surface area (Å²) in [6, 6.07) is 9.47. The van der Waals surface area contributed by atoms with Crippen LogP contribution in [0.1, 0.15) is 42.3 Å². The van der Waals surface area contributed by atoms with Crippen LogP contribution in [0.25, 0.3) is 0 Å². The molecule has 0 radical (unpaired) electrons. The van der Waals surface area contributed by atoms with E-state index in [4.69, 9.17) is 0 Å². The Morgan fingerprint density at radius 3 is 2.23 bits per heavy atom. The van der Waals surface area contributed by atoms with Crippen molar-refractivity contribution in [3.8, 4) is 0 Å². The van der Waals surface area contributed by atoms with Crippen molar-refractivity contribution in [2.45, 2.75) is 40.2 Å². The Labute approximate surface area is 178 Å². The van der Waals surface area contributed by atoms with Crippen LogP contribution in [0, 0.1) is 13.8 Å². The van der Waals surface area contributed by atoms with Gasteiger partial charge in [-0.15, -0.1) is 0 Å². The summed E-state index contributed by atoms with van der Waals surface area (Å²) in [4.78, 5) is 33.2. The Balaban J connectivity index is 1.56. The second kappa shape index (κ2) is 8.73. The summed E-state index contributed by atoms with van der Waals surface area (Å²) in [6.07, 6.45) is 1.60. The van der Waals surface area contributed by atoms with E-state index in [1.165, 1.54) is 5.56 Å². The third kappa shape index (κ3) is 5.49. The Morgan fingerprint density at radius 2 is 1.67 bits per heavy atom. The SMILES string of the molecule is Cc1ccc(NC(=O)c2ccc(N3CCN(C(=O)NC(C)(C)C)CC3)nc2)cc1C. The lowest BCUT2D eigenvalue weighted by atomic mass is 10.1. The van der Waals surface area contributed by atoms with Gasteiger partial charge in [-0.05, 0) is 70.0 Å². The third-order valence-corrected chi connectivity index (χ3v) is 5.15. The van der Waals surface area contributed by atoms with Crippen LogP contribution in [-0.2, 0) is 0 Å². The summed E-state index contributed by atoms with van der Waals surface area (Å²) in [5.41, 5.74) is 3.37. The molecule has 3 rings (SSSR count). The van der Waals surface area contributed by atoms with E-state index in [-0.39, 0.29) is 17.5 Å². The van der Waals surface area contributed by atoms with E-state index in [0.717, 1.165) is 17.1 Å². The van der Waals surface area contributed by atoms with Gasteiger partial charge in [0.1, 0.15) is 5.82 Å². The predicted octanol–water partition coefficient (Wildman–Crippen LogP) is 3.58. The number of hydrogen-bond acceptors (Lipinski definition) is 4. The van der Waals surface area contributed by atoms with E-state index in [1.54, 1.807) is 12.3 Å². The molecule has 0 aliphatic carbocycles. The maximum Gasteiger partial charge on any atom is 0.317 e. The van der Waals surface area contributed by atoms with Gasteiger partial charge in [-0.25, -0.2) is 9.78 Å². The highest BCUT2D eigenvalue weighted by Crippen LogP contribution is 2.17. The monoisotopic (exact) mass is 409 g/mol. The number of benzene rings is 1. The number of carbonyl (C=O) groups is 2. The molecule has 1 aromatic carbocycles. The summed E-state index contributed by atoms with van der Waals surface area (Å²) in [7, 11) is 0. The zero-order valence-corrected chi connectivity index (χ0v) is 18.5. The van der Waals surface area contributed by atoms with Gasteiger partial charge in [0.25, 0.3) is 5.91 Å². The smallest absolute Gasteiger partial charge is 0.317 e. The Morgan fingerprint density at radius 1 is 0.967 bits per heavy atom. The molecule has 2 heterocycles. The summed E-state index contributed by atoms with van der Waals surface area (Å²) in [5.74, 6) is 0.634. The van der Waals surface area contributed by atoms with E-state index in [0.29, 0.717) is 31.7 Å². The number of amides is 3. The van der Waals surface area contributed by atoms with Gasteiger partial charge in [0.2, 0.25) is 0 Å². The number of hydrogen-bond donors (Lipinski definition) is 2. The fraction of sp³-hybridized carbons (Fsp3) is 0.435. The number of pyridine rings is 1. The zero-order chi connectivity index (χ0) is 21.9. The van der Waals surface area contributed by atoms with Crippen molar-refractivity contribution >= 4 is 23.4 Å². The third-order valence-electron chi connectivity index (χ3n) is 5.15. The molecule has 30 heavy (non-hydrogen) atoms. The highest BCUT2D eigenvalue weighted by atomic mass is 16.2. The van der Waals surface area contributed by atoms with Crippen LogP contribution in [-0.4, -0.2) is 53.5 Å². The minimum absolute atomic E-state index is 0.0338. The standard InChI is InChI=1S/C23H31N5O2/c1-16-6-8-19(14-17(16)2)25-21(29)18-7-9-20(24-15-18)27-10-12-28(13-11-27)22(30)26-23(3,4)5/h6-9,14-15H,10-13H2,1-5H3,(H,25,29)(H,26,30). The van der Waals surface area contributed by atoms with E-state index in [1.807, 2.05) is 63.8 Å². The van der Waals surface area contributed by atoms with Crippen LogP contribution in [0.5, 0.6) is 0 Å². The number of aryl methyl sites for hydroxylation is 2. The summed E-state index contributed by atoms with van der Waals surface area (Å²) in [5, 5.41) is 5.92. The largest absolute Gasteiger partial charge is 0.353 e. The zero-order valence-electron chi connectivity index (χ0n) is 18.5. The quantitative estimate of drug-likeness (QED) is 0.812. The van der Waals surface area contributed by atoms with Gasteiger partial charge in [0, 0.05) is 43.6 Å². The molecule has 1 fully saturated rings. The molecule has 1 aliphatic rings. The maximum absolute atomic E-state index is 12.5. The number of carbonyl (C=O) groups excluding carboxylic acids is 2. The van der Waals surface area contributed by atoms with Crippen molar-refractivity contribution in [2.75, 3.05) is 36.4 Å². The first-order valence-electron chi connectivity index (χ1n) is 10.3. The van der Waals surface area contributed by atoms with Crippen molar-refractivity contribution in [3.63, 3.8) is 0 Å². The van der Waals surface area contributed by atoms with Crippen molar-refractivity contribution < 1.29 is 9.59 Å². The van der Waals surface area contributed by atoms with Gasteiger partial charge in [-0.3, -0.25) is 4.79 Å². The average Bonchev–Trinajstić information content (AvgIpc) is 2.70. The van der Waals surface area contributed by atoms with Crippen molar-refractivity contribution in [1.82, 2.24) is 15.2 Å². The van der Waals surface area contributed by atoms with Gasteiger partial charge in [0.15, 0.2) is 0 Å². The molecule has 0 unspecified atom stereocenters. The average molecular weight is 410 g/mol. The molecule has 2 aromatic rings. The van der Waals surface area contributed by atoms with Gasteiger partial charge < -0.3 is 20.4 Å². The number of urea groups is 1. The molecule has 160 valence electrons. The van der Waals surface area contributed by atoms with E-state index in [9.17, 15) is 9.59 Å². The van der Waals surface area contributed by atoms with Crippen LogP contribution < -0.4 is 15.5 Å². The fourth-order valence-corrected chi connectivity index (χ4v) is 3.27. The normalized spacial score (nSPS) is 14.4. The number of aromatic nitrogens is 1. The highest BCUT2D eigenvalue weighted by molar-refractivity contribution is 6.04. The molecule has 7 heteroatoms. The van der Waals surface area contributed by atoms with E-state index < -0.39 is 0 Å². The van der Waals surface area contributed by atoms with Crippen LogP contribution >= 0.6 is 0 Å². The van der Waals surface area contributed by atoms with Crippen molar-refractivity contribution in [2.24, 2.45) is 0 Å². The van der Waals surface area contributed by atoms with Crippen LogP contribution in [0.15, 0.2) is 36.5 Å². The molecular weight excluding hydrogens is 378 g/mol. The fourth-order valence-electron chi connectivity index (χ4n) is 3.27. The lowest BCUT2D eigenvalue weighted by Gasteiger charge is -2.36. The van der Waals surface area contributed by atoms with E-state index in [2.05, 4.69) is 20.5 Å². The molecule has 1 aliphatic heterocycles. The molecule has 0 atom stereocenters. The van der Waals surface area contributed by atoms with Crippen LogP contribution in [0.2, 0.25) is 0 Å². The topological polar surface area (TPSA) is 77.6 Å². The molecule has 0 bridgehead atoms. The Bertz CT molecular complexity index is 910. The minimum Gasteiger partial charge on any atom is -0.353 e. The van der Waals surface area contributed by atoms with Crippen LogP contribution in [0.4, 0.5) is 16.3 Å². The number of nitrogens with one attached hydrogen (secondary N) is 2. The number of anilines is 2. The maximum atomic E-state index is 12.5. The Kier molecular flexibility index (Phi) is 6.29. The molecule has 0 saturated carbocycles. The highest BCUT2D eigenvalue weighted by Gasteiger charge is 2.24. The lowest BCUT2D eigenvalue weighted by molar-refractivity contribution is 0.102. The number of nitrogens with zero attached hydrogens (tertiary/aromatic N) is 3. The second-order valence-corrected chi connectivity index (χ2v) is 8.81. The molecular formula is C23H31N5O2. The minimum atomic E-state index is -0.247. The number of piperazine rings is 1. The molecule has 0 spiro atoms. The lowest BCUT2D eigenvalue weighted by Crippen LogP contribution is -2.55. The van der Waals surface area contributed by atoms with Gasteiger partial charge in [0.05, 0.1) is 5.56 Å². The predicted molar refractivity (Wildman–Crippen MR) is 120 cm³/mol. The summed E-state index contributed by atoms with van der Waals surface area (Å²) >= 11 is 0. The van der Waals surface area contributed by atoms with Gasteiger partial charge >= 0.3 is 6.03 Å². The van der Waals surface area contributed by atoms with Crippen molar-refractivity contribution in [1.29, 1.82) is 0 Å². The molecule has 7 nitrogen and oxygen atoms in total. The molecule has 1 aromatic heterocycles. The molecule has 1 saturated heterocycles. The van der Waals surface area contributed by atoms with Crippen LogP contribution in [0.3, 0.4) is 0 Å². The molecule has 3 amide bonds. The molecule has 2 N–H and O–H groups in total. The summed E-state index contributed by atoms with van der Waals surface area (Å²) < 4.78 is 0.